The average molecular weight is 485 g/mol. The number of Topliss-reactive ketones (excluding diaryl/α,β-unsaturated/α-hetero) is 1. The molecule has 2 unspecified atom stereocenters. The van der Waals surface area contributed by atoms with Crippen molar-refractivity contribution in [1.29, 1.82) is 0 Å². The Labute approximate surface area is 207 Å². The van der Waals surface area contributed by atoms with Gasteiger partial charge in [-0.2, -0.15) is 0 Å². The lowest BCUT2D eigenvalue weighted by Crippen LogP contribution is -2.45. The number of ether oxygens (including phenoxy) is 1. The first-order chi connectivity index (χ1) is 16.9. The molecule has 190 valence electrons. The molecule has 1 aromatic heterocycles. The molecule has 9 heteroatoms. The highest BCUT2D eigenvalue weighted by Crippen LogP contribution is 2.19. The molecule has 0 aliphatic carbocycles. The Balaban J connectivity index is 0.000000905. The molecule has 3 atom stereocenters. The van der Waals surface area contributed by atoms with Crippen LogP contribution < -0.4 is 16.0 Å². The van der Waals surface area contributed by atoms with Crippen LogP contribution in [0.25, 0.3) is 6.08 Å². The highest BCUT2D eigenvalue weighted by molar-refractivity contribution is 6.06. The Bertz CT molecular complexity index is 898. The number of nitrogens with one attached hydrogen (secondary N) is 3. The van der Waals surface area contributed by atoms with Crippen molar-refractivity contribution < 1.29 is 23.9 Å². The average Bonchev–Trinajstić information content (AvgIpc) is 3.26. The molecule has 3 N–H and O–H groups in total. The Morgan fingerprint density at radius 1 is 1.31 bits per heavy atom. The zero-order valence-electron chi connectivity index (χ0n) is 20.7. The van der Waals surface area contributed by atoms with Crippen molar-refractivity contribution in [2.24, 2.45) is 5.92 Å². The first kappa shape index (κ1) is 29.4. The third-order valence-electron chi connectivity index (χ3n) is 5.04. The molecule has 2 heterocycles. The monoisotopic (exact) mass is 484 g/mol. The van der Waals surface area contributed by atoms with E-state index in [4.69, 9.17) is 4.74 Å². The summed E-state index contributed by atoms with van der Waals surface area (Å²) in [5.74, 6) is -2.27. The van der Waals surface area contributed by atoms with Crippen molar-refractivity contribution in [2.45, 2.75) is 51.8 Å². The fraction of sp³-hybridized carbons (Fsp3) is 0.423. The van der Waals surface area contributed by atoms with Gasteiger partial charge in [0.2, 0.25) is 17.7 Å². The summed E-state index contributed by atoms with van der Waals surface area (Å²) in [4.78, 5) is 52.5. The van der Waals surface area contributed by atoms with E-state index in [2.05, 4.69) is 40.5 Å². The second kappa shape index (κ2) is 16.9. The number of carbonyl (C=O) groups is 4. The van der Waals surface area contributed by atoms with E-state index >= 15 is 0 Å². The third-order valence-corrected chi connectivity index (χ3v) is 5.04. The number of aromatic nitrogens is 1. The third kappa shape index (κ3) is 11.4. The van der Waals surface area contributed by atoms with Gasteiger partial charge in [-0.3, -0.25) is 24.2 Å². The van der Waals surface area contributed by atoms with Gasteiger partial charge in [-0.25, -0.2) is 0 Å². The topological polar surface area (TPSA) is 126 Å². The molecule has 1 aromatic rings. The molecule has 1 saturated heterocycles. The fourth-order valence-electron chi connectivity index (χ4n) is 3.15. The predicted molar refractivity (Wildman–Crippen MR) is 135 cm³/mol. The van der Waals surface area contributed by atoms with Crippen molar-refractivity contribution in [2.75, 3.05) is 13.7 Å². The molecule has 0 saturated carbocycles. The van der Waals surface area contributed by atoms with Gasteiger partial charge in [0, 0.05) is 38.8 Å². The zero-order chi connectivity index (χ0) is 26.1. The first-order valence-electron chi connectivity index (χ1n) is 11.7. The Morgan fingerprint density at radius 2 is 2.09 bits per heavy atom. The van der Waals surface area contributed by atoms with Crippen LogP contribution >= 0.6 is 0 Å². The summed E-state index contributed by atoms with van der Waals surface area (Å²) in [5, 5.41) is 7.82. The number of carbonyl (C=O) groups excluding carboxylic acids is 4. The number of hydrogen-bond donors (Lipinski definition) is 3. The summed E-state index contributed by atoms with van der Waals surface area (Å²) in [6.45, 7) is 7.49. The zero-order valence-corrected chi connectivity index (χ0v) is 20.7. The van der Waals surface area contributed by atoms with Gasteiger partial charge in [-0.15, -0.1) is 0 Å². The molecule has 0 aromatic carbocycles. The van der Waals surface area contributed by atoms with Gasteiger partial charge in [0.1, 0.15) is 12.1 Å². The summed E-state index contributed by atoms with van der Waals surface area (Å²) in [5.41, 5.74) is 0.649. The largest absolute Gasteiger partial charge is 0.362 e. The molecule has 1 aliphatic heterocycles. The quantitative estimate of drug-likeness (QED) is 0.237. The number of nitrogens with zero attached hydrogens (tertiary/aromatic N) is 1. The number of methoxy groups -OCH3 is 1. The highest BCUT2D eigenvalue weighted by atomic mass is 16.5. The lowest BCUT2D eigenvalue weighted by atomic mass is 9.94. The van der Waals surface area contributed by atoms with E-state index in [1.807, 2.05) is 12.1 Å². The van der Waals surface area contributed by atoms with Crippen LogP contribution in [-0.4, -0.2) is 54.4 Å². The van der Waals surface area contributed by atoms with Crippen molar-refractivity contribution in [3.63, 3.8) is 0 Å². The van der Waals surface area contributed by atoms with Crippen LogP contribution in [0.3, 0.4) is 0 Å². The van der Waals surface area contributed by atoms with Gasteiger partial charge in [0.15, 0.2) is 5.78 Å². The van der Waals surface area contributed by atoms with Crippen molar-refractivity contribution >= 4 is 29.6 Å². The molecule has 35 heavy (non-hydrogen) atoms. The number of ketones is 1. The maximum atomic E-state index is 12.6. The Morgan fingerprint density at radius 3 is 2.63 bits per heavy atom. The molecule has 2 rings (SSSR count). The molecule has 0 radical (unpaired) electrons. The molecule has 3 amide bonds. The summed E-state index contributed by atoms with van der Waals surface area (Å²) in [6, 6.07) is 4.59. The summed E-state index contributed by atoms with van der Waals surface area (Å²) in [6.07, 6.45) is 11.6. The Kier molecular flexibility index (Phi) is 14.2. The first-order valence-corrected chi connectivity index (χ1v) is 11.7. The summed E-state index contributed by atoms with van der Waals surface area (Å²) in [7, 11) is 1.46. The second-order valence-electron chi connectivity index (χ2n) is 7.65. The van der Waals surface area contributed by atoms with Crippen molar-refractivity contribution in [3.8, 4) is 0 Å². The summed E-state index contributed by atoms with van der Waals surface area (Å²) < 4.78 is 5.06. The van der Waals surface area contributed by atoms with Crippen LogP contribution in [0, 0.1) is 5.92 Å². The van der Waals surface area contributed by atoms with Gasteiger partial charge >= 0.3 is 0 Å². The van der Waals surface area contributed by atoms with E-state index in [9.17, 15) is 19.2 Å². The molecular formula is C26H36N4O5. The van der Waals surface area contributed by atoms with Gasteiger partial charge in [-0.1, -0.05) is 44.7 Å². The van der Waals surface area contributed by atoms with Gasteiger partial charge < -0.3 is 20.7 Å². The lowest BCUT2D eigenvalue weighted by Gasteiger charge is -2.18. The molecule has 0 bridgehead atoms. The number of pyridine rings is 1. The second-order valence-corrected chi connectivity index (χ2v) is 7.65. The van der Waals surface area contributed by atoms with E-state index in [-0.39, 0.29) is 42.9 Å². The van der Waals surface area contributed by atoms with Crippen molar-refractivity contribution in [1.82, 2.24) is 20.9 Å². The molecule has 9 nitrogen and oxygen atoms in total. The van der Waals surface area contributed by atoms with Crippen LogP contribution in [0.1, 0.15) is 45.2 Å². The van der Waals surface area contributed by atoms with E-state index < -0.39 is 18.2 Å². The predicted octanol–water partition coefficient (Wildman–Crippen LogP) is 2.31. The van der Waals surface area contributed by atoms with Gasteiger partial charge in [-0.05, 0) is 31.1 Å². The fourth-order valence-corrected chi connectivity index (χ4v) is 3.15. The van der Waals surface area contributed by atoms with Crippen LogP contribution in [0.5, 0.6) is 0 Å². The summed E-state index contributed by atoms with van der Waals surface area (Å²) >= 11 is 0. The standard InChI is InChI=1S/C20H26N4O5.C6H10/c1-3-15(19(27)14-12-18(29-2)24-20(14)28)23-17(26)9-11-22-16(25)8-7-13-6-4-5-10-21-13;1-3-5-6-4-2/h4-8,10,14-15,18H,3,9,11-12H2,1-2H3,(H,22,25)(H,23,26)(H,24,28);3,5-6H,1,4H2,2H3/b8-7+;6-5-/t14?,15-,18?;/m0./s1. The molecule has 1 fully saturated rings. The number of amides is 3. The number of hydrogen-bond acceptors (Lipinski definition) is 6. The normalized spacial score (nSPS) is 17.9. The molecule has 1 aliphatic rings. The number of rotatable bonds is 12. The molecular weight excluding hydrogens is 448 g/mol. The van der Waals surface area contributed by atoms with E-state index in [0.717, 1.165) is 6.42 Å². The van der Waals surface area contributed by atoms with E-state index in [1.165, 1.54) is 13.2 Å². The highest BCUT2D eigenvalue weighted by Gasteiger charge is 2.39. The SMILES string of the molecule is C=C/C=C\CC.CC[C@H](NC(=O)CCNC(=O)/C=C/c1ccccn1)C(=O)C1CC(OC)NC1=O. The van der Waals surface area contributed by atoms with Crippen LogP contribution in [0.15, 0.2) is 55.3 Å². The van der Waals surface area contributed by atoms with Crippen molar-refractivity contribution in [3.05, 3.63) is 61.0 Å². The number of allylic oxidation sites excluding steroid dienone is 3. The van der Waals surface area contributed by atoms with Gasteiger partial charge in [0.25, 0.3) is 0 Å². The maximum Gasteiger partial charge on any atom is 0.244 e. The maximum absolute atomic E-state index is 12.6. The van der Waals surface area contributed by atoms with Crippen LogP contribution in [0.4, 0.5) is 0 Å². The minimum Gasteiger partial charge on any atom is -0.362 e. The molecule has 0 spiro atoms. The lowest BCUT2D eigenvalue weighted by molar-refractivity contribution is -0.135. The van der Waals surface area contributed by atoms with Crippen LogP contribution in [0.2, 0.25) is 0 Å². The van der Waals surface area contributed by atoms with Gasteiger partial charge in [0.05, 0.1) is 11.7 Å². The smallest absolute Gasteiger partial charge is 0.244 e. The van der Waals surface area contributed by atoms with E-state index in [1.54, 1.807) is 37.4 Å². The van der Waals surface area contributed by atoms with E-state index in [0.29, 0.717) is 12.1 Å². The van der Waals surface area contributed by atoms with Crippen LogP contribution in [-0.2, 0) is 23.9 Å². The minimum absolute atomic E-state index is 0.0184. The minimum atomic E-state index is -0.832. The Hall–Kier alpha value is -3.59.